The number of H-pyrrole nitrogens is 1. The topological polar surface area (TPSA) is 63.4 Å². The number of hydrogen-bond acceptors (Lipinski definition) is 3. The van der Waals surface area contributed by atoms with Gasteiger partial charge in [-0.1, -0.05) is 60.7 Å². The summed E-state index contributed by atoms with van der Waals surface area (Å²) in [5, 5.41) is 4.26. The van der Waals surface area contributed by atoms with Crippen LogP contribution in [0.4, 0.5) is 0 Å². The maximum absolute atomic E-state index is 13.1. The molecule has 1 aliphatic heterocycles. The number of fused-ring (bicyclic) bond motifs is 2. The van der Waals surface area contributed by atoms with Crippen molar-refractivity contribution in [3.8, 4) is 11.5 Å². The lowest BCUT2D eigenvalue weighted by atomic mass is 9.87. The minimum atomic E-state index is -0.171. The molecule has 0 spiro atoms. The fourth-order valence-electron chi connectivity index (χ4n) is 4.31. The van der Waals surface area contributed by atoms with Crippen LogP contribution in [0.25, 0.3) is 10.9 Å². The van der Waals surface area contributed by atoms with E-state index in [1.54, 1.807) is 0 Å². The van der Waals surface area contributed by atoms with Gasteiger partial charge in [0.05, 0.1) is 6.04 Å². The fraction of sp³-hybridized carbons (Fsp3) is 0.192. The van der Waals surface area contributed by atoms with Gasteiger partial charge in [0.1, 0.15) is 0 Å². The molecule has 2 atom stereocenters. The molecule has 0 saturated carbocycles. The summed E-state index contributed by atoms with van der Waals surface area (Å²) < 4.78 is 11.4. The highest BCUT2D eigenvalue weighted by Crippen LogP contribution is 2.44. The number of aromatic amines is 1. The molecule has 3 aromatic carbocycles. The first kappa shape index (κ1) is 19.2. The largest absolute Gasteiger partial charge is 0.454 e. The van der Waals surface area contributed by atoms with Crippen molar-refractivity contribution in [3.63, 3.8) is 0 Å². The first-order valence-corrected chi connectivity index (χ1v) is 10.5. The summed E-state index contributed by atoms with van der Waals surface area (Å²) in [7, 11) is 0. The van der Waals surface area contributed by atoms with Gasteiger partial charge in [0, 0.05) is 35.0 Å². The van der Waals surface area contributed by atoms with Crippen molar-refractivity contribution in [1.82, 2.24) is 10.3 Å². The van der Waals surface area contributed by atoms with Crippen LogP contribution in [0.1, 0.15) is 42.0 Å². The molecule has 5 rings (SSSR count). The SMILES string of the molecule is C[C@H](NC(=O)C[C@@H](c1cccc2c1OCO2)c1c[nH]c2ccccc12)c1ccccc1. The van der Waals surface area contributed by atoms with E-state index < -0.39 is 0 Å². The van der Waals surface area contributed by atoms with Gasteiger partial charge < -0.3 is 19.8 Å². The van der Waals surface area contributed by atoms with Gasteiger partial charge in [0.2, 0.25) is 12.7 Å². The average molecular weight is 412 g/mol. The van der Waals surface area contributed by atoms with Crippen LogP contribution in [0.5, 0.6) is 11.5 Å². The normalized spacial score (nSPS) is 14.4. The van der Waals surface area contributed by atoms with E-state index in [0.717, 1.165) is 39.1 Å². The molecule has 5 heteroatoms. The summed E-state index contributed by atoms with van der Waals surface area (Å²) in [6.45, 7) is 2.20. The number of aromatic nitrogens is 1. The second-order valence-electron chi connectivity index (χ2n) is 7.83. The number of benzene rings is 3. The molecular formula is C26H24N2O3. The lowest BCUT2D eigenvalue weighted by Gasteiger charge is -2.21. The number of hydrogen-bond donors (Lipinski definition) is 2. The van der Waals surface area contributed by atoms with Crippen molar-refractivity contribution in [2.45, 2.75) is 25.3 Å². The number of amides is 1. The number of carbonyl (C=O) groups is 1. The van der Waals surface area contributed by atoms with E-state index in [1.807, 2.05) is 79.9 Å². The number of rotatable bonds is 6. The van der Waals surface area contributed by atoms with Crippen LogP contribution in [0.15, 0.2) is 79.0 Å². The molecular weight excluding hydrogens is 388 g/mol. The van der Waals surface area contributed by atoms with Gasteiger partial charge in [-0.2, -0.15) is 0 Å². The Morgan fingerprint density at radius 1 is 0.968 bits per heavy atom. The third kappa shape index (κ3) is 3.75. The molecule has 0 radical (unpaired) electrons. The van der Waals surface area contributed by atoms with Crippen LogP contribution in [0.3, 0.4) is 0 Å². The second kappa shape index (κ2) is 8.19. The standard InChI is InChI=1S/C26H24N2O3/c1-17(18-8-3-2-4-9-18)28-25(29)14-21(20-11-7-13-24-26(20)31-16-30-24)22-15-27-23-12-6-5-10-19(22)23/h2-13,15,17,21,27H,14,16H2,1H3,(H,28,29)/t17-,21-/m0/s1. The molecule has 4 aromatic rings. The molecule has 2 heterocycles. The Balaban J connectivity index is 1.49. The quantitative estimate of drug-likeness (QED) is 0.452. The van der Waals surface area contributed by atoms with Crippen LogP contribution in [0, 0.1) is 0 Å². The Morgan fingerprint density at radius 3 is 2.65 bits per heavy atom. The number of ether oxygens (including phenoxy) is 2. The van der Waals surface area contributed by atoms with Gasteiger partial charge in [-0.25, -0.2) is 0 Å². The number of nitrogens with one attached hydrogen (secondary N) is 2. The third-order valence-corrected chi connectivity index (χ3v) is 5.87. The highest BCUT2D eigenvalue weighted by Gasteiger charge is 2.28. The van der Waals surface area contributed by atoms with E-state index in [4.69, 9.17) is 9.47 Å². The predicted molar refractivity (Wildman–Crippen MR) is 120 cm³/mol. The second-order valence-corrected chi connectivity index (χ2v) is 7.83. The molecule has 0 aliphatic carbocycles. The van der Waals surface area contributed by atoms with Crippen molar-refractivity contribution in [3.05, 3.63) is 95.7 Å². The first-order chi connectivity index (χ1) is 15.2. The smallest absolute Gasteiger partial charge is 0.231 e. The molecule has 5 nitrogen and oxygen atoms in total. The summed E-state index contributed by atoms with van der Waals surface area (Å²) >= 11 is 0. The Labute approximate surface area is 181 Å². The van der Waals surface area contributed by atoms with Gasteiger partial charge in [-0.15, -0.1) is 0 Å². The Morgan fingerprint density at radius 2 is 1.77 bits per heavy atom. The third-order valence-electron chi connectivity index (χ3n) is 5.87. The maximum atomic E-state index is 13.1. The number of para-hydroxylation sites is 2. The molecule has 0 bridgehead atoms. The van der Waals surface area contributed by atoms with Crippen molar-refractivity contribution in [2.75, 3.05) is 6.79 Å². The molecule has 0 unspecified atom stereocenters. The van der Waals surface area contributed by atoms with Crippen LogP contribution in [-0.4, -0.2) is 17.7 Å². The zero-order valence-electron chi connectivity index (χ0n) is 17.3. The molecule has 1 aromatic heterocycles. The van der Waals surface area contributed by atoms with Crippen molar-refractivity contribution < 1.29 is 14.3 Å². The van der Waals surface area contributed by atoms with Gasteiger partial charge in [-0.05, 0) is 30.2 Å². The van der Waals surface area contributed by atoms with Crippen molar-refractivity contribution in [1.29, 1.82) is 0 Å². The number of carbonyl (C=O) groups excluding carboxylic acids is 1. The van der Waals surface area contributed by atoms with Crippen LogP contribution in [0.2, 0.25) is 0 Å². The summed E-state index contributed by atoms with van der Waals surface area (Å²) in [5.74, 6) is 1.26. The minimum Gasteiger partial charge on any atom is -0.454 e. The molecule has 1 aliphatic rings. The molecule has 0 fully saturated rings. The fourth-order valence-corrected chi connectivity index (χ4v) is 4.31. The summed E-state index contributed by atoms with van der Waals surface area (Å²) in [5.41, 5.74) is 4.16. The lowest BCUT2D eigenvalue weighted by molar-refractivity contribution is -0.121. The summed E-state index contributed by atoms with van der Waals surface area (Å²) in [6, 6.07) is 23.9. The zero-order valence-corrected chi connectivity index (χ0v) is 17.3. The van der Waals surface area contributed by atoms with Crippen LogP contribution in [-0.2, 0) is 4.79 Å². The van der Waals surface area contributed by atoms with Gasteiger partial charge in [-0.3, -0.25) is 4.79 Å². The van der Waals surface area contributed by atoms with E-state index in [0.29, 0.717) is 6.42 Å². The van der Waals surface area contributed by atoms with Gasteiger partial charge >= 0.3 is 0 Å². The van der Waals surface area contributed by atoms with E-state index in [-0.39, 0.29) is 24.7 Å². The van der Waals surface area contributed by atoms with Crippen LogP contribution < -0.4 is 14.8 Å². The molecule has 31 heavy (non-hydrogen) atoms. The zero-order chi connectivity index (χ0) is 21.2. The summed E-state index contributed by atoms with van der Waals surface area (Å²) in [6.07, 6.45) is 2.30. The molecule has 0 saturated heterocycles. The van der Waals surface area contributed by atoms with E-state index in [2.05, 4.69) is 16.4 Å². The van der Waals surface area contributed by atoms with E-state index in [9.17, 15) is 4.79 Å². The Bertz CT molecular complexity index is 1220. The summed E-state index contributed by atoms with van der Waals surface area (Å²) in [4.78, 5) is 16.5. The van der Waals surface area contributed by atoms with Crippen molar-refractivity contribution >= 4 is 16.8 Å². The monoisotopic (exact) mass is 412 g/mol. The highest BCUT2D eigenvalue weighted by molar-refractivity contribution is 5.86. The molecule has 156 valence electrons. The van der Waals surface area contributed by atoms with Crippen molar-refractivity contribution in [2.24, 2.45) is 0 Å². The van der Waals surface area contributed by atoms with E-state index >= 15 is 0 Å². The lowest BCUT2D eigenvalue weighted by Crippen LogP contribution is -2.28. The Hall–Kier alpha value is -3.73. The van der Waals surface area contributed by atoms with Crippen LogP contribution >= 0.6 is 0 Å². The minimum absolute atomic E-state index is 0.0110. The average Bonchev–Trinajstić information content (AvgIpc) is 3.45. The molecule has 2 N–H and O–H groups in total. The highest BCUT2D eigenvalue weighted by atomic mass is 16.7. The predicted octanol–water partition coefficient (Wildman–Crippen LogP) is 5.30. The van der Waals surface area contributed by atoms with E-state index in [1.165, 1.54) is 0 Å². The molecule has 1 amide bonds. The Kier molecular flexibility index (Phi) is 5.08. The van der Waals surface area contributed by atoms with Gasteiger partial charge in [0.15, 0.2) is 11.5 Å². The first-order valence-electron chi connectivity index (χ1n) is 10.5. The van der Waals surface area contributed by atoms with Gasteiger partial charge in [0.25, 0.3) is 0 Å². The maximum Gasteiger partial charge on any atom is 0.231 e.